The summed E-state index contributed by atoms with van der Waals surface area (Å²) in [6, 6.07) is 14.5. The number of rotatable bonds is 7. The smallest absolute Gasteiger partial charge is 0.243 e. The second-order valence-electron chi connectivity index (χ2n) is 7.17. The van der Waals surface area contributed by atoms with E-state index in [9.17, 15) is 0 Å². The molecule has 6 nitrogen and oxygen atoms in total. The van der Waals surface area contributed by atoms with Crippen molar-refractivity contribution in [1.82, 2.24) is 20.1 Å². The van der Waals surface area contributed by atoms with E-state index in [2.05, 4.69) is 55.7 Å². The van der Waals surface area contributed by atoms with Crippen LogP contribution in [0.1, 0.15) is 24.2 Å². The van der Waals surface area contributed by atoms with Gasteiger partial charge in [0.2, 0.25) is 5.95 Å². The largest absolute Gasteiger partial charge is 0.460 e. The van der Waals surface area contributed by atoms with Gasteiger partial charge in [0, 0.05) is 19.6 Å². The number of benzene rings is 1. The van der Waals surface area contributed by atoms with Crippen LogP contribution >= 0.6 is 0 Å². The molecule has 3 heterocycles. The molecule has 27 heavy (non-hydrogen) atoms. The lowest BCUT2D eigenvalue weighted by molar-refractivity contribution is 0.314. The molecule has 140 valence electrons. The third-order valence-corrected chi connectivity index (χ3v) is 5.01. The average Bonchev–Trinajstić information content (AvgIpc) is 3.32. The Morgan fingerprint density at radius 3 is 2.89 bits per heavy atom. The summed E-state index contributed by atoms with van der Waals surface area (Å²) in [4.78, 5) is 7.04. The van der Waals surface area contributed by atoms with Crippen LogP contribution in [0.3, 0.4) is 0 Å². The highest BCUT2D eigenvalue weighted by atomic mass is 16.3. The van der Waals surface area contributed by atoms with Crippen molar-refractivity contribution in [2.24, 2.45) is 5.92 Å². The van der Waals surface area contributed by atoms with E-state index in [1.54, 1.807) is 6.20 Å². The minimum atomic E-state index is 0.556. The Hall–Kier alpha value is -2.73. The number of aryl methyl sites for hydroxylation is 1. The van der Waals surface area contributed by atoms with Crippen LogP contribution in [0, 0.1) is 12.8 Å². The van der Waals surface area contributed by atoms with E-state index >= 15 is 0 Å². The zero-order valence-corrected chi connectivity index (χ0v) is 15.6. The number of furan rings is 1. The fraction of sp³-hybridized carbons (Fsp3) is 0.381. The molecule has 6 heteroatoms. The van der Waals surface area contributed by atoms with E-state index in [0.29, 0.717) is 17.6 Å². The molecule has 0 amide bonds. The van der Waals surface area contributed by atoms with Gasteiger partial charge in [0.05, 0.1) is 6.20 Å². The van der Waals surface area contributed by atoms with Crippen LogP contribution in [0.25, 0.3) is 11.5 Å². The summed E-state index contributed by atoms with van der Waals surface area (Å²) < 4.78 is 5.61. The van der Waals surface area contributed by atoms with E-state index in [4.69, 9.17) is 4.42 Å². The first kappa shape index (κ1) is 17.7. The number of aromatic nitrogens is 3. The SMILES string of the molecule is Cc1ccc(-c2cnnc(NCCC3CCN(Cc4ccccc4)C3)n2)o1. The topological polar surface area (TPSA) is 67.1 Å². The average molecular weight is 363 g/mol. The fourth-order valence-corrected chi connectivity index (χ4v) is 3.59. The van der Waals surface area contributed by atoms with Crippen molar-refractivity contribution in [3.05, 3.63) is 60.0 Å². The summed E-state index contributed by atoms with van der Waals surface area (Å²) in [5, 5.41) is 11.4. The summed E-state index contributed by atoms with van der Waals surface area (Å²) in [5.74, 6) is 2.85. The second-order valence-corrected chi connectivity index (χ2v) is 7.17. The molecule has 0 spiro atoms. The van der Waals surface area contributed by atoms with Crippen molar-refractivity contribution in [2.45, 2.75) is 26.3 Å². The third kappa shape index (κ3) is 4.71. The maximum absolute atomic E-state index is 5.61. The lowest BCUT2D eigenvalue weighted by Gasteiger charge is -2.16. The number of hydrogen-bond donors (Lipinski definition) is 1. The van der Waals surface area contributed by atoms with E-state index in [-0.39, 0.29) is 0 Å². The highest BCUT2D eigenvalue weighted by Crippen LogP contribution is 2.22. The van der Waals surface area contributed by atoms with Gasteiger partial charge < -0.3 is 9.73 Å². The second kappa shape index (κ2) is 8.31. The summed E-state index contributed by atoms with van der Waals surface area (Å²) in [6.45, 7) is 6.14. The van der Waals surface area contributed by atoms with Gasteiger partial charge in [-0.1, -0.05) is 30.3 Å². The standard InChI is InChI=1S/C21H25N5O/c1-16-7-8-20(27-16)19-13-23-25-21(24-19)22-11-9-18-10-12-26(15-18)14-17-5-3-2-4-6-17/h2-8,13,18H,9-12,14-15H2,1H3,(H,22,24,25). The van der Waals surface area contributed by atoms with Crippen molar-refractivity contribution in [1.29, 1.82) is 0 Å². The Morgan fingerprint density at radius 2 is 2.07 bits per heavy atom. The zero-order valence-electron chi connectivity index (χ0n) is 15.6. The molecule has 0 aliphatic carbocycles. The van der Waals surface area contributed by atoms with Gasteiger partial charge in [-0.2, -0.15) is 5.10 Å². The predicted molar refractivity (Wildman–Crippen MR) is 105 cm³/mol. The van der Waals surface area contributed by atoms with E-state index in [1.807, 2.05) is 19.1 Å². The first-order valence-corrected chi connectivity index (χ1v) is 9.53. The van der Waals surface area contributed by atoms with Gasteiger partial charge in [-0.25, -0.2) is 4.98 Å². The third-order valence-electron chi connectivity index (χ3n) is 5.01. The van der Waals surface area contributed by atoms with Gasteiger partial charge in [-0.05, 0) is 49.9 Å². The summed E-state index contributed by atoms with van der Waals surface area (Å²) >= 11 is 0. The summed E-state index contributed by atoms with van der Waals surface area (Å²) in [7, 11) is 0. The maximum Gasteiger partial charge on any atom is 0.243 e. The number of anilines is 1. The van der Waals surface area contributed by atoms with Gasteiger partial charge in [0.15, 0.2) is 5.76 Å². The molecule has 1 atom stereocenters. The van der Waals surface area contributed by atoms with Crippen LogP contribution in [0.5, 0.6) is 0 Å². The minimum Gasteiger partial charge on any atom is -0.460 e. The summed E-state index contributed by atoms with van der Waals surface area (Å²) in [5.41, 5.74) is 2.09. The molecule has 1 unspecified atom stereocenters. The molecule has 0 saturated carbocycles. The zero-order chi connectivity index (χ0) is 18.5. The number of nitrogens with zero attached hydrogens (tertiary/aromatic N) is 4. The molecule has 1 fully saturated rings. The lowest BCUT2D eigenvalue weighted by atomic mass is 10.1. The Bertz CT molecular complexity index is 864. The molecular weight excluding hydrogens is 338 g/mol. The van der Waals surface area contributed by atoms with E-state index < -0.39 is 0 Å². The molecule has 3 aromatic rings. The van der Waals surface area contributed by atoms with Crippen molar-refractivity contribution in [2.75, 3.05) is 25.0 Å². The minimum absolute atomic E-state index is 0.556. The molecule has 1 N–H and O–H groups in total. The van der Waals surface area contributed by atoms with Crippen molar-refractivity contribution in [3.63, 3.8) is 0 Å². The molecule has 1 aliphatic heterocycles. The monoisotopic (exact) mass is 363 g/mol. The molecule has 2 aromatic heterocycles. The van der Waals surface area contributed by atoms with Crippen molar-refractivity contribution < 1.29 is 4.42 Å². The molecule has 4 rings (SSSR count). The molecule has 1 aromatic carbocycles. The van der Waals surface area contributed by atoms with Gasteiger partial charge in [-0.3, -0.25) is 4.90 Å². The van der Waals surface area contributed by atoms with Crippen molar-refractivity contribution in [3.8, 4) is 11.5 Å². The molecule has 0 bridgehead atoms. The normalized spacial score (nSPS) is 17.3. The Balaban J connectivity index is 1.24. The van der Waals surface area contributed by atoms with Crippen molar-refractivity contribution >= 4 is 5.95 Å². The van der Waals surface area contributed by atoms with Crippen LogP contribution in [0.2, 0.25) is 0 Å². The number of hydrogen-bond acceptors (Lipinski definition) is 6. The number of likely N-dealkylation sites (tertiary alicyclic amines) is 1. The Labute approximate surface area is 159 Å². The quantitative estimate of drug-likeness (QED) is 0.689. The van der Waals surface area contributed by atoms with Gasteiger partial charge in [0.25, 0.3) is 0 Å². The van der Waals surface area contributed by atoms with E-state index in [0.717, 1.165) is 37.6 Å². The van der Waals surface area contributed by atoms with Crippen LogP contribution < -0.4 is 5.32 Å². The first-order valence-electron chi connectivity index (χ1n) is 9.53. The molecule has 1 aliphatic rings. The number of nitrogens with one attached hydrogen (secondary N) is 1. The maximum atomic E-state index is 5.61. The predicted octanol–water partition coefficient (Wildman–Crippen LogP) is 3.76. The molecule has 0 radical (unpaired) electrons. The molecular formula is C21H25N5O. The van der Waals surface area contributed by atoms with Crippen LogP contribution in [-0.4, -0.2) is 39.7 Å². The highest BCUT2D eigenvalue weighted by Gasteiger charge is 2.22. The fourth-order valence-electron chi connectivity index (χ4n) is 3.59. The van der Waals surface area contributed by atoms with Gasteiger partial charge >= 0.3 is 0 Å². The lowest BCUT2D eigenvalue weighted by Crippen LogP contribution is -2.21. The van der Waals surface area contributed by atoms with Crippen LogP contribution in [-0.2, 0) is 6.54 Å². The summed E-state index contributed by atoms with van der Waals surface area (Å²) in [6.07, 6.45) is 3.99. The molecule has 1 saturated heterocycles. The van der Waals surface area contributed by atoms with E-state index in [1.165, 1.54) is 18.5 Å². The highest BCUT2D eigenvalue weighted by molar-refractivity contribution is 5.52. The Morgan fingerprint density at radius 1 is 1.19 bits per heavy atom. The van der Waals surface area contributed by atoms with Gasteiger partial charge in [-0.15, -0.1) is 5.10 Å². The van der Waals surface area contributed by atoms with Gasteiger partial charge in [0.1, 0.15) is 11.5 Å². The van der Waals surface area contributed by atoms with Crippen LogP contribution in [0.4, 0.5) is 5.95 Å². The van der Waals surface area contributed by atoms with Crippen LogP contribution in [0.15, 0.2) is 53.1 Å². The Kier molecular flexibility index (Phi) is 5.44. The first-order chi connectivity index (χ1) is 13.3.